The van der Waals surface area contributed by atoms with Gasteiger partial charge in [0.05, 0.1) is 0 Å². The number of aromatic nitrogens is 3. The molecule has 3 heterocycles. The van der Waals surface area contributed by atoms with Crippen molar-refractivity contribution in [1.29, 1.82) is 0 Å². The van der Waals surface area contributed by atoms with Crippen LogP contribution < -0.4 is 11.2 Å². The highest BCUT2D eigenvalue weighted by Crippen LogP contribution is 2.09. The largest absolute Gasteiger partial charge is 0.341 e. The second-order valence-corrected chi connectivity index (χ2v) is 6.43. The van der Waals surface area contributed by atoms with Crippen LogP contribution in [0.4, 0.5) is 0 Å². The maximum absolute atomic E-state index is 12.5. The molecule has 2 aromatic heterocycles. The summed E-state index contributed by atoms with van der Waals surface area (Å²) in [5.74, 6) is 0.0336. The van der Waals surface area contributed by atoms with Gasteiger partial charge in [0, 0.05) is 70.3 Å². The lowest BCUT2D eigenvalue weighted by atomic mass is 10.2. The Hall–Kier alpha value is -2.74. The smallest absolute Gasteiger partial charge is 0.328 e. The number of hydrogen-bond acceptors (Lipinski definition) is 5. The first-order valence-electron chi connectivity index (χ1n) is 8.80. The van der Waals surface area contributed by atoms with Crippen LogP contribution in [0, 0.1) is 0 Å². The van der Waals surface area contributed by atoms with Gasteiger partial charge in [0.25, 0.3) is 5.56 Å². The molecular weight excluding hydrogens is 334 g/mol. The van der Waals surface area contributed by atoms with Crippen molar-refractivity contribution in [3.8, 4) is 0 Å². The van der Waals surface area contributed by atoms with E-state index >= 15 is 0 Å². The van der Waals surface area contributed by atoms with E-state index in [0.29, 0.717) is 6.54 Å². The van der Waals surface area contributed by atoms with Gasteiger partial charge in [-0.1, -0.05) is 6.07 Å². The highest BCUT2D eigenvalue weighted by molar-refractivity contribution is 5.76. The monoisotopic (exact) mass is 357 g/mol. The van der Waals surface area contributed by atoms with Gasteiger partial charge < -0.3 is 9.47 Å². The summed E-state index contributed by atoms with van der Waals surface area (Å²) in [6.07, 6.45) is 6.22. The number of nitrogens with zero attached hydrogens (tertiary/aromatic N) is 4. The highest BCUT2D eigenvalue weighted by Gasteiger charge is 2.19. The lowest BCUT2D eigenvalue weighted by Crippen LogP contribution is -2.36. The number of carbonyl (C=O) groups excluding carboxylic acids is 1. The van der Waals surface area contributed by atoms with E-state index in [1.165, 1.54) is 22.4 Å². The number of amides is 1. The molecule has 8 heteroatoms. The number of carbonyl (C=O) groups is 1. The average molecular weight is 357 g/mol. The SMILES string of the molecule is O=C(CCn1ccc(=O)[nH]c1=O)N1CCCN(Cc2cccnc2)CC1. The van der Waals surface area contributed by atoms with E-state index in [-0.39, 0.29) is 18.9 Å². The van der Waals surface area contributed by atoms with Crippen LogP contribution in [0.5, 0.6) is 0 Å². The van der Waals surface area contributed by atoms with Crippen LogP contribution in [-0.4, -0.2) is 56.4 Å². The van der Waals surface area contributed by atoms with E-state index in [0.717, 1.165) is 32.6 Å². The van der Waals surface area contributed by atoms with Gasteiger partial charge in [0.1, 0.15) is 0 Å². The molecule has 0 spiro atoms. The molecular formula is C18H23N5O3. The zero-order valence-corrected chi connectivity index (χ0v) is 14.6. The predicted octanol–water partition coefficient (Wildman–Crippen LogP) is 0.0562. The Bertz CT molecular complexity index is 846. The van der Waals surface area contributed by atoms with Crippen LogP contribution in [0.15, 0.2) is 46.4 Å². The molecule has 1 amide bonds. The van der Waals surface area contributed by atoms with E-state index < -0.39 is 11.2 Å². The number of rotatable bonds is 5. The molecule has 1 aliphatic heterocycles. The maximum Gasteiger partial charge on any atom is 0.328 e. The summed E-state index contributed by atoms with van der Waals surface area (Å²) in [4.78, 5) is 45.8. The number of aromatic amines is 1. The lowest BCUT2D eigenvalue weighted by molar-refractivity contribution is -0.131. The maximum atomic E-state index is 12.5. The summed E-state index contributed by atoms with van der Waals surface area (Å²) in [7, 11) is 0. The van der Waals surface area contributed by atoms with Crippen LogP contribution in [0.1, 0.15) is 18.4 Å². The van der Waals surface area contributed by atoms with Gasteiger partial charge in [-0.05, 0) is 18.1 Å². The third-order valence-electron chi connectivity index (χ3n) is 4.53. The Morgan fingerprint density at radius 2 is 2.04 bits per heavy atom. The molecule has 1 fully saturated rings. The van der Waals surface area contributed by atoms with Crippen molar-refractivity contribution < 1.29 is 4.79 Å². The highest BCUT2D eigenvalue weighted by atomic mass is 16.2. The van der Waals surface area contributed by atoms with E-state index in [9.17, 15) is 14.4 Å². The third kappa shape index (κ3) is 4.89. The van der Waals surface area contributed by atoms with Gasteiger partial charge >= 0.3 is 5.69 Å². The molecule has 2 aromatic rings. The minimum Gasteiger partial charge on any atom is -0.341 e. The normalized spacial score (nSPS) is 15.6. The molecule has 8 nitrogen and oxygen atoms in total. The quantitative estimate of drug-likeness (QED) is 0.817. The van der Waals surface area contributed by atoms with E-state index in [1.807, 2.05) is 17.2 Å². The van der Waals surface area contributed by atoms with Crippen molar-refractivity contribution in [3.63, 3.8) is 0 Å². The van der Waals surface area contributed by atoms with Crippen molar-refractivity contribution in [3.05, 3.63) is 63.2 Å². The fourth-order valence-corrected chi connectivity index (χ4v) is 3.12. The fraction of sp³-hybridized carbons (Fsp3) is 0.444. The molecule has 0 atom stereocenters. The first-order chi connectivity index (χ1) is 12.6. The first-order valence-corrected chi connectivity index (χ1v) is 8.80. The fourth-order valence-electron chi connectivity index (χ4n) is 3.12. The summed E-state index contributed by atoms with van der Waals surface area (Å²) >= 11 is 0. The number of H-pyrrole nitrogens is 1. The Balaban J connectivity index is 1.51. The van der Waals surface area contributed by atoms with E-state index in [4.69, 9.17) is 0 Å². The molecule has 0 bridgehead atoms. The van der Waals surface area contributed by atoms with Crippen LogP contribution in [0.2, 0.25) is 0 Å². The summed E-state index contributed by atoms with van der Waals surface area (Å²) in [5, 5.41) is 0. The molecule has 138 valence electrons. The molecule has 26 heavy (non-hydrogen) atoms. The Labute approximate surface area is 151 Å². The van der Waals surface area contributed by atoms with E-state index in [1.54, 1.807) is 6.20 Å². The molecule has 0 saturated carbocycles. The van der Waals surface area contributed by atoms with Crippen molar-refractivity contribution in [1.82, 2.24) is 24.3 Å². The zero-order chi connectivity index (χ0) is 18.4. The minimum atomic E-state index is -0.483. The lowest BCUT2D eigenvalue weighted by Gasteiger charge is -2.22. The second-order valence-electron chi connectivity index (χ2n) is 6.43. The molecule has 0 unspecified atom stereocenters. The van der Waals surface area contributed by atoms with Gasteiger partial charge in [-0.15, -0.1) is 0 Å². The molecule has 0 aliphatic carbocycles. The van der Waals surface area contributed by atoms with Gasteiger partial charge in [-0.25, -0.2) is 4.79 Å². The average Bonchev–Trinajstić information content (AvgIpc) is 2.87. The second kappa shape index (κ2) is 8.57. The Morgan fingerprint density at radius 1 is 1.15 bits per heavy atom. The third-order valence-corrected chi connectivity index (χ3v) is 4.53. The molecule has 0 aromatic carbocycles. The predicted molar refractivity (Wildman–Crippen MR) is 96.7 cm³/mol. The van der Waals surface area contributed by atoms with Crippen LogP contribution >= 0.6 is 0 Å². The first kappa shape index (κ1) is 18.1. The number of nitrogens with one attached hydrogen (secondary N) is 1. The van der Waals surface area contributed by atoms with Gasteiger partial charge in [-0.3, -0.25) is 24.5 Å². The standard InChI is InChI=1S/C18H23N5O3/c24-16-4-9-23(18(26)20-16)10-5-17(25)22-8-2-7-21(11-12-22)14-15-3-1-6-19-13-15/h1,3-4,6,9,13H,2,5,7-8,10-12,14H2,(H,20,24,26). The van der Waals surface area contributed by atoms with E-state index in [2.05, 4.69) is 20.9 Å². The number of aryl methyl sites for hydroxylation is 1. The molecule has 0 radical (unpaired) electrons. The van der Waals surface area contributed by atoms with Crippen molar-refractivity contribution in [2.45, 2.75) is 25.9 Å². The summed E-state index contributed by atoms with van der Waals surface area (Å²) in [6, 6.07) is 5.28. The summed E-state index contributed by atoms with van der Waals surface area (Å²) in [5.41, 5.74) is 0.257. The van der Waals surface area contributed by atoms with Crippen molar-refractivity contribution in [2.75, 3.05) is 26.2 Å². The van der Waals surface area contributed by atoms with Crippen LogP contribution in [-0.2, 0) is 17.9 Å². The molecule has 1 N–H and O–H groups in total. The van der Waals surface area contributed by atoms with Gasteiger partial charge in [-0.2, -0.15) is 0 Å². The topological polar surface area (TPSA) is 91.3 Å². The zero-order valence-electron chi connectivity index (χ0n) is 14.6. The minimum absolute atomic E-state index is 0.0336. The van der Waals surface area contributed by atoms with Crippen molar-refractivity contribution in [2.24, 2.45) is 0 Å². The summed E-state index contributed by atoms with van der Waals surface area (Å²) in [6.45, 7) is 4.27. The Morgan fingerprint density at radius 3 is 2.81 bits per heavy atom. The number of pyridine rings is 1. The molecule has 1 aliphatic rings. The van der Waals surface area contributed by atoms with Gasteiger partial charge in [0.2, 0.25) is 5.91 Å². The van der Waals surface area contributed by atoms with Crippen molar-refractivity contribution >= 4 is 5.91 Å². The Kier molecular flexibility index (Phi) is 5.96. The van der Waals surface area contributed by atoms with Crippen LogP contribution in [0.3, 0.4) is 0 Å². The molecule has 1 saturated heterocycles. The van der Waals surface area contributed by atoms with Crippen LogP contribution in [0.25, 0.3) is 0 Å². The molecule has 3 rings (SSSR count). The van der Waals surface area contributed by atoms with Gasteiger partial charge in [0.15, 0.2) is 0 Å². The summed E-state index contributed by atoms with van der Waals surface area (Å²) < 4.78 is 1.35. The number of hydrogen-bond donors (Lipinski definition) is 1.